The molecule has 5 heteroatoms. The molecule has 2 fully saturated rings. The SMILES string of the molecule is CC(C(=O)N1CCCC1c1cccs1)N1CCCC(CO)C1. The van der Waals surface area contributed by atoms with E-state index >= 15 is 0 Å². The zero-order valence-corrected chi connectivity index (χ0v) is 14.1. The monoisotopic (exact) mass is 322 g/mol. The Morgan fingerprint density at radius 1 is 1.41 bits per heavy atom. The molecule has 2 aliphatic heterocycles. The van der Waals surface area contributed by atoms with Crippen LogP contribution in [-0.4, -0.2) is 53.1 Å². The third-order valence-corrected chi connectivity index (χ3v) is 6.09. The van der Waals surface area contributed by atoms with Crippen molar-refractivity contribution in [2.75, 3.05) is 26.2 Å². The van der Waals surface area contributed by atoms with E-state index in [9.17, 15) is 9.90 Å². The van der Waals surface area contributed by atoms with E-state index in [-0.39, 0.29) is 24.6 Å². The van der Waals surface area contributed by atoms with E-state index in [1.165, 1.54) is 4.88 Å². The van der Waals surface area contributed by atoms with Crippen LogP contribution in [-0.2, 0) is 4.79 Å². The maximum absolute atomic E-state index is 13.0. The van der Waals surface area contributed by atoms with Crippen molar-refractivity contribution >= 4 is 17.2 Å². The van der Waals surface area contributed by atoms with Gasteiger partial charge in [0.05, 0.1) is 12.1 Å². The second-order valence-electron chi connectivity index (χ2n) is 6.57. The predicted molar refractivity (Wildman–Crippen MR) is 88.9 cm³/mol. The topological polar surface area (TPSA) is 43.8 Å². The van der Waals surface area contributed by atoms with Crippen molar-refractivity contribution in [1.82, 2.24) is 9.80 Å². The molecule has 3 unspecified atom stereocenters. The second-order valence-corrected chi connectivity index (χ2v) is 7.55. The molecule has 0 spiro atoms. The second kappa shape index (κ2) is 7.11. The highest BCUT2D eigenvalue weighted by Gasteiger charge is 2.36. The fourth-order valence-electron chi connectivity index (χ4n) is 3.80. The first-order valence-corrected chi connectivity index (χ1v) is 9.27. The summed E-state index contributed by atoms with van der Waals surface area (Å²) in [6, 6.07) is 4.41. The first-order valence-electron chi connectivity index (χ1n) is 8.39. The van der Waals surface area contributed by atoms with E-state index in [2.05, 4.69) is 27.3 Å². The molecule has 2 aliphatic rings. The minimum Gasteiger partial charge on any atom is -0.396 e. The molecular formula is C17H26N2O2S. The summed E-state index contributed by atoms with van der Waals surface area (Å²) in [5.74, 6) is 0.588. The van der Waals surface area contributed by atoms with Crippen LogP contribution in [0.2, 0.25) is 0 Å². The van der Waals surface area contributed by atoms with Crippen LogP contribution in [0.4, 0.5) is 0 Å². The third-order valence-electron chi connectivity index (χ3n) is 5.12. The largest absolute Gasteiger partial charge is 0.396 e. The van der Waals surface area contributed by atoms with E-state index in [1.807, 2.05) is 6.92 Å². The Bertz CT molecular complexity index is 491. The van der Waals surface area contributed by atoms with Gasteiger partial charge < -0.3 is 10.0 Å². The summed E-state index contributed by atoms with van der Waals surface area (Å²) in [5.41, 5.74) is 0. The summed E-state index contributed by atoms with van der Waals surface area (Å²) in [6.45, 7) is 4.97. The van der Waals surface area contributed by atoms with Gasteiger partial charge >= 0.3 is 0 Å². The van der Waals surface area contributed by atoms with Gasteiger partial charge in [-0.2, -0.15) is 0 Å². The number of thiophene rings is 1. The molecule has 3 atom stereocenters. The Morgan fingerprint density at radius 2 is 2.23 bits per heavy atom. The van der Waals surface area contributed by atoms with Crippen molar-refractivity contribution in [2.24, 2.45) is 5.92 Å². The van der Waals surface area contributed by atoms with Crippen LogP contribution in [0.3, 0.4) is 0 Å². The Labute approximate surface area is 136 Å². The molecule has 0 radical (unpaired) electrons. The summed E-state index contributed by atoms with van der Waals surface area (Å²) in [5, 5.41) is 11.5. The van der Waals surface area contributed by atoms with Gasteiger partial charge in [0.15, 0.2) is 0 Å². The van der Waals surface area contributed by atoms with Gasteiger partial charge in [0.1, 0.15) is 0 Å². The number of carbonyl (C=O) groups excluding carboxylic acids is 1. The van der Waals surface area contributed by atoms with E-state index in [1.54, 1.807) is 11.3 Å². The number of hydrogen-bond donors (Lipinski definition) is 1. The van der Waals surface area contributed by atoms with Crippen LogP contribution in [0, 0.1) is 5.92 Å². The van der Waals surface area contributed by atoms with Crippen LogP contribution >= 0.6 is 11.3 Å². The zero-order valence-electron chi connectivity index (χ0n) is 13.3. The van der Waals surface area contributed by atoms with Gasteiger partial charge in [0.2, 0.25) is 5.91 Å². The highest BCUT2D eigenvalue weighted by molar-refractivity contribution is 7.10. The molecule has 122 valence electrons. The fraction of sp³-hybridized carbons (Fsp3) is 0.706. The average Bonchev–Trinajstić information content (AvgIpc) is 3.23. The summed E-state index contributed by atoms with van der Waals surface area (Å²) in [4.78, 5) is 18.6. The molecule has 1 amide bonds. The molecule has 3 rings (SSSR count). The van der Waals surface area contributed by atoms with Gasteiger partial charge in [-0.3, -0.25) is 9.69 Å². The van der Waals surface area contributed by atoms with Crippen LogP contribution in [0.25, 0.3) is 0 Å². The lowest BCUT2D eigenvalue weighted by Gasteiger charge is -2.38. The minimum absolute atomic E-state index is 0.0742. The zero-order chi connectivity index (χ0) is 15.5. The quantitative estimate of drug-likeness (QED) is 0.926. The van der Waals surface area contributed by atoms with E-state index in [4.69, 9.17) is 0 Å². The van der Waals surface area contributed by atoms with Crippen molar-refractivity contribution < 1.29 is 9.90 Å². The molecule has 4 nitrogen and oxygen atoms in total. The molecule has 0 saturated carbocycles. The number of rotatable bonds is 4. The van der Waals surface area contributed by atoms with Crippen molar-refractivity contribution in [3.63, 3.8) is 0 Å². The number of carbonyl (C=O) groups is 1. The lowest BCUT2D eigenvalue weighted by molar-refractivity contribution is -0.138. The van der Waals surface area contributed by atoms with Crippen molar-refractivity contribution in [2.45, 2.75) is 44.7 Å². The Kier molecular flexibility index (Phi) is 5.16. The van der Waals surface area contributed by atoms with E-state index < -0.39 is 0 Å². The minimum atomic E-state index is -0.0742. The Morgan fingerprint density at radius 3 is 2.95 bits per heavy atom. The molecule has 0 aromatic carbocycles. The standard InChI is InChI=1S/C17H26N2O2S/c1-13(18-8-2-5-14(11-18)12-20)17(21)19-9-3-6-15(19)16-7-4-10-22-16/h4,7,10,13-15,20H,2-3,5-6,8-9,11-12H2,1H3. The number of likely N-dealkylation sites (tertiary alicyclic amines) is 2. The smallest absolute Gasteiger partial charge is 0.240 e. The fourth-order valence-corrected chi connectivity index (χ4v) is 4.67. The molecule has 2 saturated heterocycles. The Hall–Kier alpha value is -0.910. The van der Waals surface area contributed by atoms with Gasteiger partial charge in [0, 0.05) is 24.6 Å². The molecule has 0 bridgehead atoms. The number of aliphatic hydroxyl groups excluding tert-OH is 1. The number of aliphatic hydroxyl groups is 1. The van der Waals surface area contributed by atoms with Gasteiger partial charge in [-0.05, 0) is 56.5 Å². The van der Waals surface area contributed by atoms with Gasteiger partial charge in [-0.15, -0.1) is 11.3 Å². The van der Waals surface area contributed by atoms with Gasteiger partial charge in [-0.25, -0.2) is 0 Å². The molecule has 1 aromatic rings. The summed E-state index contributed by atoms with van der Waals surface area (Å²) in [6.07, 6.45) is 4.34. The molecule has 1 N–H and O–H groups in total. The van der Waals surface area contributed by atoms with E-state index in [0.717, 1.165) is 45.3 Å². The van der Waals surface area contributed by atoms with Crippen LogP contribution in [0.1, 0.15) is 43.5 Å². The molecule has 1 aromatic heterocycles. The average molecular weight is 322 g/mol. The maximum atomic E-state index is 13.0. The number of hydrogen-bond acceptors (Lipinski definition) is 4. The highest BCUT2D eigenvalue weighted by atomic mass is 32.1. The van der Waals surface area contributed by atoms with Crippen LogP contribution in [0.15, 0.2) is 17.5 Å². The first-order chi connectivity index (χ1) is 10.7. The van der Waals surface area contributed by atoms with Crippen LogP contribution in [0.5, 0.6) is 0 Å². The number of piperidine rings is 1. The van der Waals surface area contributed by atoms with E-state index in [0.29, 0.717) is 5.92 Å². The number of nitrogens with zero attached hydrogens (tertiary/aromatic N) is 2. The van der Waals surface area contributed by atoms with Crippen molar-refractivity contribution in [3.05, 3.63) is 22.4 Å². The summed E-state index contributed by atoms with van der Waals surface area (Å²) < 4.78 is 0. The molecule has 0 aliphatic carbocycles. The normalized spacial score (nSPS) is 28.0. The summed E-state index contributed by atoms with van der Waals surface area (Å²) in [7, 11) is 0. The molecule has 3 heterocycles. The Balaban J connectivity index is 1.67. The molecule has 22 heavy (non-hydrogen) atoms. The lowest BCUT2D eigenvalue weighted by Crippen LogP contribution is -2.50. The maximum Gasteiger partial charge on any atom is 0.240 e. The number of amides is 1. The van der Waals surface area contributed by atoms with Crippen molar-refractivity contribution in [3.8, 4) is 0 Å². The van der Waals surface area contributed by atoms with Gasteiger partial charge in [-0.1, -0.05) is 6.07 Å². The van der Waals surface area contributed by atoms with Gasteiger partial charge in [0.25, 0.3) is 0 Å². The predicted octanol–water partition coefficient (Wildman–Crippen LogP) is 2.50. The van der Waals surface area contributed by atoms with Crippen LogP contribution < -0.4 is 0 Å². The third kappa shape index (κ3) is 3.21. The summed E-state index contributed by atoms with van der Waals surface area (Å²) >= 11 is 1.75. The molecular weight excluding hydrogens is 296 g/mol. The first kappa shape index (κ1) is 16.0. The lowest BCUT2D eigenvalue weighted by atomic mass is 9.97. The van der Waals surface area contributed by atoms with Crippen molar-refractivity contribution in [1.29, 1.82) is 0 Å². The highest BCUT2D eigenvalue weighted by Crippen LogP contribution is 2.35.